The van der Waals surface area contributed by atoms with Gasteiger partial charge in [-0.15, -0.1) is 0 Å². The van der Waals surface area contributed by atoms with Crippen LogP contribution in [0.5, 0.6) is 0 Å². The summed E-state index contributed by atoms with van der Waals surface area (Å²) >= 11 is 0. The van der Waals surface area contributed by atoms with Gasteiger partial charge in [-0.05, 0) is 57.1 Å². The number of nitrogens with zero attached hydrogens (tertiary/aromatic N) is 2. The molecule has 136 valence electrons. The van der Waals surface area contributed by atoms with E-state index in [0.717, 1.165) is 58.0 Å². The highest BCUT2D eigenvalue weighted by Gasteiger charge is 2.57. The highest BCUT2D eigenvalue weighted by Crippen LogP contribution is 2.46. The smallest absolute Gasteiger partial charge is 0.243 e. The standard InChI is InChI=1S/C21H30N2O2/c1-22-19-17(10-7-11-18(19)24)15-21(22,14-16-8-3-2-4-9-16)20(25)23-12-5-6-13-23/h2-4,8-9,17-19,24H,5-7,10-15H2,1H3/t17-,18-,19+,21-/m0/s1. The summed E-state index contributed by atoms with van der Waals surface area (Å²) in [5.74, 6) is 0.724. The number of hydrogen-bond acceptors (Lipinski definition) is 3. The van der Waals surface area contributed by atoms with Gasteiger partial charge in [-0.1, -0.05) is 36.8 Å². The quantitative estimate of drug-likeness (QED) is 0.918. The van der Waals surface area contributed by atoms with Gasteiger partial charge in [-0.3, -0.25) is 9.69 Å². The fourth-order valence-electron chi connectivity index (χ4n) is 5.56. The first-order valence-electron chi connectivity index (χ1n) is 9.86. The van der Waals surface area contributed by atoms with Crippen LogP contribution < -0.4 is 0 Å². The lowest BCUT2D eigenvalue weighted by atomic mass is 9.79. The van der Waals surface area contributed by atoms with E-state index in [9.17, 15) is 9.90 Å². The third kappa shape index (κ3) is 2.89. The number of aliphatic hydroxyl groups excluding tert-OH is 1. The number of hydrogen-bond donors (Lipinski definition) is 1. The Hall–Kier alpha value is -1.39. The second kappa shape index (κ2) is 6.73. The van der Waals surface area contributed by atoms with Gasteiger partial charge < -0.3 is 10.0 Å². The van der Waals surface area contributed by atoms with E-state index in [0.29, 0.717) is 5.92 Å². The molecule has 0 aromatic heterocycles. The Balaban J connectivity index is 1.69. The van der Waals surface area contributed by atoms with E-state index in [1.165, 1.54) is 5.56 Å². The molecule has 0 radical (unpaired) electrons. The Kier molecular flexibility index (Phi) is 4.59. The molecule has 2 saturated heterocycles. The third-order valence-electron chi connectivity index (χ3n) is 6.81. The van der Waals surface area contributed by atoms with Crippen LogP contribution in [-0.2, 0) is 11.2 Å². The van der Waals surface area contributed by atoms with Gasteiger partial charge in [0, 0.05) is 19.1 Å². The van der Waals surface area contributed by atoms with Crippen molar-refractivity contribution in [3.63, 3.8) is 0 Å². The number of carbonyl (C=O) groups excluding carboxylic acids is 1. The van der Waals surface area contributed by atoms with E-state index in [-0.39, 0.29) is 18.1 Å². The summed E-state index contributed by atoms with van der Waals surface area (Å²) in [4.78, 5) is 18.0. The first-order chi connectivity index (χ1) is 12.1. The van der Waals surface area contributed by atoms with Crippen LogP contribution in [0.4, 0.5) is 0 Å². The minimum Gasteiger partial charge on any atom is -0.391 e. The van der Waals surface area contributed by atoms with E-state index in [2.05, 4.69) is 41.1 Å². The molecular formula is C21H30N2O2. The molecular weight excluding hydrogens is 312 g/mol. The summed E-state index contributed by atoms with van der Waals surface area (Å²) < 4.78 is 0. The molecule has 4 rings (SSSR count). The highest BCUT2D eigenvalue weighted by atomic mass is 16.3. The van der Waals surface area contributed by atoms with Crippen LogP contribution in [0.2, 0.25) is 0 Å². The fraction of sp³-hybridized carbons (Fsp3) is 0.667. The molecule has 1 N–H and O–H groups in total. The first kappa shape index (κ1) is 17.0. The minimum atomic E-state index is -0.494. The van der Waals surface area contributed by atoms with Crippen molar-refractivity contribution in [3.8, 4) is 0 Å². The van der Waals surface area contributed by atoms with Crippen molar-refractivity contribution in [1.29, 1.82) is 0 Å². The lowest BCUT2D eigenvalue weighted by Crippen LogP contribution is -2.59. The van der Waals surface area contributed by atoms with Gasteiger partial charge in [0.1, 0.15) is 5.54 Å². The molecule has 1 aliphatic carbocycles. The maximum atomic E-state index is 13.6. The number of rotatable bonds is 3. The summed E-state index contributed by atoms with van der Waals surface area (Å²) in [6.07, 6.45) is 6.65. The van der Waals surface area contributed by atoms with Gasteiger partial charge in [0.15, 0.2) is 0 Å². The number of amides is 1. The van der Waals surface area contributed by atoms with Crippen LogP contribution in [0.15, 0.2) is 30.3 Å². The molecule has 25 heavy (non-hydrogen) atoms. The largest absolute Gasteiger partial charge is 0.391 e. The topological polar surface area (TPSA) is 43.8 Å². The molecule has 2 heterocycles. The van der Waals surface area contributed by atoms with E-state index >= 15 is 0 Å². The van der Waals surface area contributed by atoms with E-state index in [1.54, 1.807) is 0 Å². The lowest BCUT2D eigenvalue weighted by Gasteiger charge is -2.41. The number of benzene rings is 1. The number of likely N-dealkylation sites (tertiary alicyclic amines) is 2. The van der Waals surface area contributed by atoms with E-state index in [4.69, 9.17) is 0 Å². The molecule has 0 unspecified atom stereocenters. The molecule has 3 fully saturated rings. The molecule has 4 heteroatoms. The lowest BCUT2D eigenvalue weighted by molar-refractivity contribution is -0.142. The van der Waals surface area contributed by atoms with E-state index in [1.807, 2.05) is 6.07 Å². The van der Waals surface area contributed by atoms with Crippen molar-refractivity contribution in [2.24, 2.45) is 5.92 Å². The molecule has 1 saturated carbocycles. The molecule has 1 aromatic carbocycles. The van der Waals surface area contributed by atoms with Gasteiger partial charge in [-0.25, -0.2) is 0 Å². The van der Waals surface area contributed by atoms with Gasteiger partial charge in [0.2, 0.25) is 5.91 Å². The number of fused-ring (bicyclic) bond motifs is 1. The van der Waals surface area contributed by atoms with Crippen LogP contribution in [-0.4, -0.2) is 58.6 Å². The van der Waals surface area contributed by atoms with Crippen LogP contribution in [0.3, 0.4) is 0 Å². The van der Waals surface area contributed by atoms with Gasteiger partial charge in [0.05, 0.1) is 6.10 Å². The van der Waals surface area contributed by atoms with Gasteiger partial charge in [0.25, 0.3) is 0 Å². The Morgan fingerprint density at radius 1 is 1.16 bits per heavy atom. The monoisotopic (exact) mass is 342 g/mol. The van der Waals surface area contributed by atoms with Gasteiger partial charge in [-0.2, -0.15) is 0 Å². The second-order valence-corrected chi connectivity index (χ2v) is 8.26. The van der Waals surface area contributed by atoms with Crippen molar-refractivity contribution >= 4 is 5.91 Å². The molecule has 4 atom stereocenters. The minimum absolute atomic E-state index is 0.129. The maximum Gasteiger partial charge on any atom is 0.243 e. The van der Waals surface area contributed by atoms with Crippen molar-refractivity contribution in [1.82, 2.24) is 9.80 Å². The Morgan fingerprint density at radius 3 is 2.56 bits per heavy atom. The molecule has 0 spiro atoms. The second-order valence-electron chi connectivity index (χ2n) is 8.26. The van der Waals surface area contributed by atoms with Crippen molar-refractivity contribution in [2.45, 2.75) is 62.6 Å². The molecule has 1 amide bonds. The van der Waals surface area contributed by atoms with Crippen molar-refractivity contribution in [2.75, 3.05) is 20.1 Å². The number of carbonyl (C=O) groups is 1. The zero-order valence-electron chi connectivity index (χ0n) is 15.2. The van der Waals surface area contributed by atoms with Gasteiger partial charge >= 0.3 is 0 Å². The summed E-state index contributed by atoms with van der Waals surface area (Å²) in [5, 5.41) is 10.6. The zero-order chi connectivity index (χ0) is 17.4. The molecule has 1 aromatic rings. The summed E-state index contributed by atoms with van der Waals surface area (Å²) in [5.41, 5.74) is 0.724. The normalized spacial score (nSPS) is 35.8. The number of aliphatic hydroxyl groups is 1. The zero-order valence-corrected chi connectivity index (χ0v) is 15.2. The first-order valence-corrected chi connectivity index (χ1v) is 9.86. The number of likely N-dealkylation sites (N-methyl/N-ethyl adjacent to an activating group) is 1. The summed E-state index contributed by atoms with van der Waals surface area (Å²) in [6.45, 7) is 1.78. The predicted molar refractivity (Wildman–Crippen MR) is 98.2 cm³/mol. The highest BCUT2D eigenvalue weighted by molar-refractivity contribution is 5.87. The van der Waals surface area contributed by atoms with Crippen molar-refractivity contribution in [3.05, 3.63) is 35.9 Å². The van der Waals surface area contributed by atoms with Crippen molar-refractivity contribution < 1.29 is 9.90 Å². The Labute approximate surface area is 150 Å². The predicted octanol–water partition coefficient (Wildman–Crippen LogP) is 2.46. The fourth-order valence-corrected chi connectivity index (χ4v) is 5.56. The SMILES string of the molecule is CN1[C@@H]2[C@@H](CCC[C@@H]2O)C[C@@]1(Cc1ccccc1)C(=O)N1CCCC1. The molecule has 3 aliphatic rings. The summed E-state index contributed by atoms with van der Waals surface area (Å²) in [7, 11) is 2.08. The maximum absolute atomic E-state index is 13.6. The molecule has 4 nitrogen and oxygen atoms in total. The van der Waals surface area contributed by atoms with E-state index < -0.39 is 5.54 Å². The van der Waals surface area contributed by atoms with Crippen LogP contribution in [0, 0.1) is 5.92 Å². The molecule has 2 aliphatic heterocycles. The van der Waals surface area contributed by atoms with Crippen LogP contribution >= 0.6 is 0 Å². The van der Waals surface area contributed by atoms with Crippen LogP contribution in [0.1, 0.15) is 44.1 Å². The summed E-state index contributed by atoms with van der Waals surface area (Å²) in [6, 6.07) is 10.5. The third-order valence-corrected chi connectivity index (χ3v) is 6.81. The Morgan fingerprint density at radius 2 is 1.88 bits per heavy atom. The average Bonchev–Trinajstić information content (AvgIpc) is 3.24. The average molecular weight is 342 g/mol. The molecule has 0 bridgehead atoms. The van der Waals surface area contributed by atoms with Crippen LogP contribution in [0.25, 0.3) is 0 Å². The Bertz CT molecular complexity index is 614.